The molecule has 1 atom stereocenters. The number of aryl methyl sites for hydroxylation is 2. The van der Waals surface area contributed by atoms with Gasteiger partial charge in [0.15, 0.2) is 0 Å². The topological polar surface area (TPSA) is 39.3 Å². The lowest BCUT2D eigenvalue weighted by Gasteiger charge is -2.23. The Morgan fingerprint density at radius 2 is 1.96 bits per heavy atom. The molecule has 1 aromatic heterocycles. The van der Waals surface area contributed by atoms with Crippen LogP contribution >= 0.6 is 0 Å². The number of H-pyrrole nitrogens is 1. The molecule has 0 radical (unpaired) electrons. The Labute approximate surface area is 144 Å². The molecule has 1 aliphatic rings. The largest absolute Gasteiger partial charge is 0.321 e. The standard InChI is InChI=1S/C20H29N3O/c1-14-10-15(2)19-16(11-14)12-17(20(24)21-19)13-23-8-5-6-18(7-9-23)22(3)4/h10-12,18H,5-9,13H2,1-4H3,(H,21,24). The minimum Gasteiger partial charge on any atom is -0.321 e. The highest BCUT2D eigenvalue weighted by Gasteiger charge is 2.19. The second kappa shape index (κ2) is 7.08. The van der Waals surface area contributed by atoms with Crippen molar-refractivity contribution in [2.75, 3.05) is 27.2 Å². The van der Waals surface area contributed by atoms with Gasteiger partial charge in [-0.05, 0) is 83.4 Å². The highest BCUT2D eigenvalue weighted by molar-refractivity contribution is 5.82. The summed E-state index contributed by atoms with van der Waals surface area (Å²) in [4.78, 5) is 20.4. The highest BCUT2D eigenvalue weighted by atomic mass is 16.1. The van der Waals surface area contributed by atoms with E-state index in [1.54, 1.807) is 0 Å². The molecule has 4 heteroatoms. The Bertz CT molecular complexity index is 778. The zero-order valence-corrected chi connectivity index (χ0v) is 15.4. The molecule has 1 aliphatic heterocycles. The van der Waals surface area contributed by atoms with Crippen molar-refractivity contribution in [2.24, 2.45) is 0 Å². The van der Waals surface area contributed by atoms with E-state index in [0.29, 0.717) is 6.04 Å². The van der Waals surface area contributed by atoms with Crippen molar-refractivity contribution in [3.05, 3.63) is 45.2 Å². The van der Waals surface area contributed by atoms with Crippen molar-refractivity contribution in [1.29, 1.82) is 0 Å². The van der Waals surface area contributed by atoms with Crippen molar-refractivity contribution in [2.45, 2.75) is 45.7 Å². The maximum atomic E-state index is 12.5. The second-order valence-electron chi connectivity index (χ2n) is 7.49. The minimum atomic E-state index is 0.0582. The van der Waals surface area contributed by atoms with Crippen LogP contribution in [0.3, 0.4) is 0 Å². The van der Waals surface area contributed by atoms with Crippen LogP contribution in [0.25, 0.3) is 10.9 Å². The van der Waals surface area contributed by atoms with Gasteiger partial charge in [0, 0.05) is 18.2 Å². The van der Waals surface area contributed by atoms with Crippen LogP contribution in [-0.2, 0) is 6.54 Å². The number of benzene rings is 1. The third-order valence-electron chi connectivity index (χ3n) is 5.28. The summed E-state index contributed by atoms with van der Waals surface area (Å²) >= 11 is 0. The van der Waals surface area contributed by atoms with Crippen molar-refractivity contribution >= 4 is 10.9 Å². The fourth-order valence-electron chi connectivity index (χ4n) is 3.90. The predicted octanol–water partition coefficient (Wildman–Crippen LogP) is 3.06. The molecule has 24 heavy (non-hydrogen) atoms. The van der Waals surface area contributed by atoms with E-state index in [4.69, 9.17) is 0 Å². The summed E-state index contributed by atoms with van der Waals surface area (Å²) in [5.74, 6) is 0. The molecule has 1 N–H and O–H groups in total. The average Bonchev–Trinajstić information content (AvgIpc) is 2.74. The van der Waals surface area contributed by atoms with Gasteiger partial charge in [-0.15, -0.1) is 0 Å². The predicted molar refractivity (Wildman–Crippen MR) is 101 cm³/mol. The van der Waals surface area contributed by atoms with E-state index < -0.39 is 0 Å². The summed E-state index contributed by atoms with van der Waals surface area (Å²) in [6, 6.07) is 7.03. The van der Waals surface area contributed by atoms with Crippen LogP contribution in [0.4, 0.5) is 0 Å². The smallest absolute Gasteiger partial charge is 0.252 e. The number of likely N-dealkylation sites (tertiary alicyclic amines) is 1. The van der Waals surface area contributed by atoms with E-state index >= 15 is 0 Å². The van der Waals surface area contributed by atoms with Crippen molar-refractivity contribution in [3.63, 3.8) is 0 Å². The lowest BCUT2D eigenvalue weighted by Crippen LogP contribution is -2.31. The SMILES string of the molecule is Cc1cc(C)c2[nH]c(=O)c(CN3CCCC(N(C)C)CC3)cc2c1. The van der Waals surface area contributed by atoms with Crippen molar-refractivity contribution in [3.8, 4) is 0 Å². The number of aromatic nitrogens is 1. The first-order chi connectivity index (χ1) is 11.4. The lowest BCUT2D eigenvalue weighted by atomic mass is 10.1. The highest BCUT2D eigenvalue weighted by Crippen LogP contribution is 2.20. The number of nitrogens with one attached hydrogen (secondary N) is 1. The molecule has 130 valence electrons. The Balaban J connectivity index is 1.82. The van der Waals surface area contributed by atoms with E-state index in [2.05, 4.69) is 60.9 Å². The molecule has 3 rings (SSSR count). The van der Waals surface area contributed by atoms with Crippen molar-refractivity contribution < 1.29 is 0 Å². The van der Waals surface area contributed by atoms with E-state index in [1.165, 1.54) is 24.8 Å². The van der Waals surface area contributed by atoms with Gasteiger partial charge in [0.25, 0.3) is 5.56 Å². The van der Waals surface area contributed by atoms with E-state index in [9.17, 15) is 4.79 Å². The first kappa shape index (κ1) is 17.2. The number of hydrogen-bond donors (Lipinski definition) is 1. The maximum Gasteiger partial charge on any atom is 0.252 e. The molecule has 1 unspecified atom stereocenters. The van der Waals surface area contributed by atoms with Gasteiger partial charge >= 0.3 is 0 Å². The zero-order chi connectivity index (χ0) is 17.3. The molecular weight excluding hydrogens is 298 g/mol. The summed E-state index contributed by atoms with van der Waals surface area (Å²) < 4.78 is 0. The molecule has 4 nitrogen and oxygen atoms in total. The minimum absolute atomic E-state index is 0.0582. The van der Waals surface area contributed by atoms with Gasteiger partial charge in [0.05, 0.1) is 5.52 Å². The molecular formula is C20H29N3O. The van der Waals surface area contributed by atoms with Gasteiger partial charge in [-0.3, -0.25) is 9.69 Å². The van der Waals surface area contributed by atoms with Crippen LogP contribution in [0.2, 0.25) is 0 Å². The molecule has 2 aromatic rings. The molecule has 0 aliphatic carbocycles. The first-order valence-electron chi connectivity index (χ1n) is 8.96. The molecule has 0 spiro atoms. The summed E-state index contributed by atoms with van der Waals surface area (Å²) in [5, 5.41) is 1.14. The van der Waals surface area contributed by atoms with Crippen LogP contribution in [0, 0.1) is 13.8 Å². The monoisotopic (exact) mass is 327 g/mol. The summed E-state index contributed by atoms with van der Waals surface area (Å²) in [6.45, 7) is 7.05. The van der Waals surface area contributed by atoms with E-state index in [-0.39, 0.29) is 5.56 Å². The Morgan fingerprint density at radius 3 is 2.71 bits per heavy atom. The fraction of sp³-hybridized carbons (Fsp3) is 0.550. The van der Waals surface area contributed by atoms with Crippen LogP contribution in [0.1, 0.15) is 36.0 Å². The van der Waals surface area contributed by atoms with Crippen molar-refractivity contribution in [1.82, 2.24) is 14.8 Å². The maximum absolute atomic E-state index is 12.5. The fourth-order valence-corrected chi connectivity index (χ4v) is 3.90. The molecule has 1 aromatic carbocycles. The Morgan fingerprint density at radius 1 is 1.17 bits per heavy atom. The number of fused-ring (bicyclic) bond motifs is 1. The number of pyridine rings is 1. The number of hydrogen-bond acceptors (Lipinski definition) is 3. The first-order valence-corrected chi connectivity index (χ1v) is 8.96. The van der Waals surface area contributed by atoms with E-state index in [0.717, 1.165) is 41.7 Å². The number of nitrogens with zero attached hydrogens (tertiary/aromatic N) is 2. The molecule has 1 saturated heterocycles. The number of aromatic amines is 1. The van der Waals surface area contributed by atoms with Crippen LogP contribution in [0.5, 0.6) is 0 Å². The lowest BCUT2D eigenvalue weighted by molar-refractivity contribution is 0.245. The molecule has 0 saturated carbocycles. The molecule has 1 fully saturated rings. The Kier molecular flexibility index (Phi) is 5.07. The number of rotatable bonds is 3. The van der Waals surface area contributed by atoms with Gasteiger partial charge < -0.3 is 9.88 Å². The molecule has 0 amide bonds. The van der Waals surface area contributed by atoms with Gasteiger partial charge in [-0.25, -0.2) is 0 Å². The van der Waals surface area contributed by atoms with Gasteiger partial charge in [0.1, 0.15) is 0 Å². The van der Waals surface area contributed by atoms with Gasteiger partial charge in [-0.1, -0.05) is 11.6 Å². The van der Waals surface area contributed by atoms with Crippen LogP contribution < -0.4 is 5.56 Å². The normalized spacial score (nSPS) is 19.8. The van der Waals surface area contributed by atoms with Gasteiger partial charge in [-0.2, -0.15) is 0 Å². The van der Waals surface area contributed by atoms with E-state index in [1.807, 2.05) is 0 Å². The summed E-state index contributed by atoms with van der Waals surface area (Å²) in [6.07, 6.45) is 3.62. The third-order valence-corrected chi connectivity index (χ3v) is 5.28. The Hall–Kier alpha value is -1.65. The van der Waals surface area contributed by atoms with Gasteiger partial charge in [0.2, 0.25) is 0 Å². The summed E-state index contributed by atoms with van der Waals surface area (Å²) in [5.41, 5.74) is 4.29. The van der Waals surface area contributed by atoms with Crippen LogP contribution in [0.15, 0.2) is 23.0 Å². The molecule has 2 heterocycles. The zero-order valence-electron chi connectivity index (χ0n) is 15.4. The second-order valence-corrected chi connectivity index (χ2v) is 7.49. The quantitative estimate of drug-likeness (QED) is 0.942. The van der Waals surface area contributed by atoms with Crippen LogP contribution in [-0.4, -0.2) is 48.0 Å². The third kappa shape index (κ3) is 3.70. The molecule has 0 bridgehead atoms. The summed E-state index contributed by atoms with van der Waals surface area (Å²) in [7, 11) is 4.33. The average molecular weight is 327 g/mol.